The summed E-state index contributed by atoms with van der Waals surface area (Å²) in [6, 6.07) is 18.3. The summed E-state index contributed by atoms with van der Waals surface area (Å²) in [6.07, 6.45) is 3.02. The van der Waals surface area contributed by atoms with E-state index in [1.54, 1.807) is 72.8 Å². The van der Waals surface area contributed by atoms with Gasteiger partial charge in [0.15, 0.2) is 0 Å². The van der Waals surface area contributed by atoms with Crippen molar-refractivity contribution in [1.82, 2.24) is 5.43 Å². The first-order valence-electron chi connectivity index (χ1n) is 9.41. The highest BCUT2D eigenvalue weighted by Crippen LogP contribution is 2.24. The molecule has 8 heteroatoms. The molecule has 3 aromatic carbocycles. The van der Waals surface area contributed by atoms with Crippen LogP contribution in [0.2, 0.25) is 5.02 Å². The lowest BCUT2D eigenvalue weighted by Crippen LogP contribution is -2.17. The molecule has 0 aliphatic rings. The van der Waals surface area contributed by atoms with Crippen LogP contribution >= 0.6 is 27.5 Å². The number of rotatable bonds is 8. The van der Waals surface area contributed by atoms with Crippen LogP contribution in [0.3, 0.4) is 0 Å². The number of nitrogens with zero attached hydrogens (tertiary/aromatic N) is 1. The van der Waals surface area contributed by atoms with E-state index in [-0.39, 0.29) is 16.3 Å². The van der Waals surface area contributed by atoms with E-state index in [9.17, 15) is 9.59 Å². The van der Waals surface area contributed by atoms with Gasteiger partial charge in [0.25, 0.3) is 5.91 Å². The molecule has 0 saturated carbocycles. The third-order valence-electron chi connectivity index (χ3n) is 4.12. The van der Waals surface area contributed by atoms with Crippen molar-refractivity contribution in [3.8, 4) is 11.5 Å². The fraction of sp³-hybridized carbons (Fsp3) is 0.0417. The second-order valence-electron chi connectivity index (χ2n) is 6.37. The summed E-state index contributed by atoms with van der Waals surface area (Å²) < 4.78 is 11.6. The van der Waals surface area contributed by atoms with Gasteiger partial charge in [0.2, 0.25) is 0 Å². The van der Waals surface area contributed by atoms with E-state index in [1.165, 1.54) is 6.21 Å². The van der Waals surface area contributed by atoms with Crippen LogP contribution in [0.15, 0.2) is 89.0 Å². The van der Waals surface area contributed by atoms with Gasteiger partial charge in [-0.05, 0) is 54.6 Å². The van der Waals surface area contributed by atoms with E-state index < -0.39 is 11.9 Å². The van der Waals surface area contributed by atoms with Crippen molar-refractivity contribution in [3.05, 3.63) is 106 Å². The summed E-state index contributed by atoms with van der Waals surface area (Å²) in [5.74, 6) is -0.111. The molecule has 3 rings (SSSR count). The Balaban J connectivity index is 1.69. The molecule has 0 aliphatic heterocycles. The van der Waals surface area contributed by atoms with E-state index in [1.807, 2.05) is 0 Å². The number of hydrazone groups is 1. The number of amides is 1. The summed E-state index contributed by atoms with van der Waals surface area (Å²) in [6.45, 7) is 3.97. The second kappa shape index (κ2) is 11.3. The van der Waals surface area contributed by atoms with Crippen molar-refractivity contribution in [2.75, 3.05) is 6.61 Å². The lowest BCUT2D eigenvalue weighted by atomic mass is 10.2. The molecule has 32 heavy (non-hydrogen) atoms. The molecule has 0 heterocycles. The predicted molar refractivity (Wildman–Crippen MR) is 128 cm³/mol. The fourth-order valence-electron chi connectivity index (χ4n) is 2.58. The van der Waals surface area contributed by atoms with E-state index in [0.717, 1.165) is 4.47 Å². The SMILES string of the molecule is C=CCOc1ccc(C(=O)NN=Cc2cc(Br)ccc2OC(=O)c2ccccc2Cl)cc1. The van der Waals surface area contributed by atoms with Gasteiger partial charge < -0.3 is 9.47 Å². The number of halogens is 2. The number of hydrogen-bond acceptors (Lipinski definition) is 5. The molecule has 3 aromatic rings. The van der Waals surface area contributed by atoms with Crippen LogP contribution in [-0.2, 0) is 0 Å². The third kappa shape index (κ3) is 6.29. The van der Waals surface area contributed by atoms with Gasteiger partial charge in [-0.15, -0.1) is 0 Å². The van der Waals surface area contributed by atoms with Gasteiger partial charge in [-0.2, -0.15) is 5.10 Å². The van der Waals surface area contributed by atoms with Crippen LogP contribution in [0.1, 0.15) is 26.3 Å². The summed E-state index contributed by atoms with van der Waals surface area (Å²) in [5, 5.41) is 4.27. The number of ether oxygens (including phenoxy) is 2. The number of benzene rings is 3. The largest absolute Gasteiger partial charge is 0.490 e. The molecule has 0 aliphatic carbocycles. The monoisotopic (exact) mass is 512 g/mol. The highest BCUT2D eigenvalue weighted by molar-refractivity contribution is 9.10. The Labute approximate surface area is 198 Å². The molecule has 0 radical (unpaired) electrons. The molecule has 6 nitrogen and oxygen atoms in total. The third-order valence-corrected chi connectivity index (χ3v) is 4.95. The quantitative estimate of drug-likeness (QED) is 0.139. The highest BCUT2D eigenvalue weighted by Gasteiger charge is 2.14. The van der Waals surface area contributed by atoms with Gasteiger partial charge >= 0.3 is 5.97 Å². The Morgan fingerprint density at radius 3 is 2.56 bits per heavy atom. The molecule has 0 unspecified atom stereocenters. The number of hydrogen-bond donors (Lipinski definition) is 1. The van der Waals surface area contributed by atoms with E-state index in [2.05, 4.69) is 33.0 Å². The molecule has 0 bridgehead atoms. The number of nitrogens with one attached hydrogen (secondary N) is 1. The average Bonchev–Trinajstić information content (AvgIpc) is 2.80. The number of carbonyl (C=O) groups excluding carboxylic acids is 2. The summed E-state index contributed by atoms with van der Waals surface area (Å²) in [4.78, 5) is 24.8. The van der Waals surface area contributed by atoms with Crippen molar-refractivity contribution >= 4 is 45.6 Å². The van der Waals surface area contributed by atoms with E-state index in [0.29, 0.717) is 23.5 Å². The molecule has 1 amide bonds. The van der Waals surface area contributed by atoms with Crippen molar-refractivity contribution in [1.29, 1.82) is 0 Å². The molecule has 0 aromatic heterocycles. The zero-order chi connectivity index (χ0) is 22.9. The predicted octanol–water partition coefficient (Wildman–Crippen LogP) is 5.65. The molecular formula is C24H18BrClN2O4. The Bertz CT molecular complexity index is 1160. The Morgan fingerprint density at radius 2 is 1.84 bits per heavy atom. The van der Waals surface area contributed by atoms with Gasteiger partial charge in [0, 0.05) is 15.6 Å². The van der Waals surface area contributed by atoms with Crippen LogP contribution in [0.25, 0.3) is 0 Å². The van der Waals surface area contributed by atoms with Crippen molar-refractivity contribution < 1.29 is 19.1 Å². The van der Waals surface area contributed by atoms with Crippen molar-refractivity contribution in [2.45, 2.75) is 0 Å². The first kappa shape index (κ1) is 23.2. The van der Waals surface area contributed by atoms with Gasteiger partial charge in [0.05, 0.1) is 16.8 Å². The number of esters is 1. The number of carbonyl (C=O) groups is 2. The van der Waals surface area contributed by atoms with Crippen LogP contribution in [0.5, 0.6) is 11.5 Å². The standard InChI is InChI=1S/C24H18BrClN2O4/c1-2-13-31-19-10-7-16(8-11-19)23(29)28-27-15-17-14-18(25)9-12-22(17)32-24(30)20-5-3-4-6-21(20)26/h2-12,14-15H,1,13H2,(H,28,29). The zero-order valence-electron chi connectivity index (χ0n) is 16.8. The smallest absolute Gasteiger partial charge is 0.345 e. The molecule has 0 spiro atoms. The molecule has 0 atom stereocenters. The van der Waals surface area contributed by atoms with Crippen LogP contribution in [0.4, 0.5) is 0 Å². The van der Waals surface area contributed by atoms with E-state index in [4.69, 9.17) is 21.1 Å². The molecule has 0 fully saturated rings. The first-order valence-corrected chi connectivity index (χ1v) is 10.6. The topological polar surface area (TPSA) is 77.0 Å². The summed E-state index contributed by atoms with van der Waals surface area (Å²) in [5.41, 5.74) is 3.58. The van der Waals surface area contributed by atoms with Crippen molar-refractivity contribution in [3.63, 3.8) is 0 Å². The maximum atomic E-state index is 12.5. The van der Waals surface area contributed by atoms with Gasteiger partial charge in [-0.3, -0.25) is 4.79 Å². The summed E-state index contributed by atoms with van der Waals surface area (Å²) in [7, 11) is 0. The molecular weight excluding hydrogens is 496 g/mol. The lowest BCUT2D eigenvalue weighted by Gasteiger charge is -2.09. The van der Waals surface area contributed by atoms with E-state index >= 15 is 0 Å². The minimum absolute atomic E-state index is 0.244. The normalized spacial score (nSPS) is 10.6. The molecule has 0 saturated heterocycles. The Hall–Kier alpha value is -3.42. The van der Waals surface area contributed by atoms with Crippen LogP contribution in [0, 0.1) is 0 Å². The highest BCUT2D eigenvalue weighted by atomic mass is 79.9. The Kier molecular flexibility index (Phi) is 8.19. The van der Waals surface area contributed by atoms with Gasteiger partial charge in [-0.25, -0.2) is 10.2 Å². The molecule has 162 valence electrons. The van der Waals surface area contributed by atoms with Gasteiger partial charge in [-0.1, -0.05) is 52.3 Å². The average molecular weight is 514 g/mol. The fourth-order valence-corrected chi connectivity index (χ4v) is 3.17. The van der Waals surface area contributed by atoms with Crippen molar-refractivity contribution in [2.24, 2.45) is 5.10 Å². The molecule has 1 N–H and O–H groups in total. The van der Waals surface area contributed by atoms with Gasteiger partial charge in [0.1, 0.15) is 18.1 Å². The van der Waals surface area contributed by atoms with Crippen LogP contribution in [-0.4, -0.2) is 24.7 Å². The minimum atomic E-state index is -0.602. The minimum Gasteiger partial charge on any atom is -0.490 e. The van der Waals surface area contributed by atoms with Crippen LogP contribution < -0.4 is 14.9 Å². The summed E-state index contributed by atoms with van der Waals surface area (Å²) >= 11 is 9.44. The first-order chi connectivity index (χ1) is 15.5. The zero-order valence-corrected chi connectivity index (χ0v) is 19.1. The Morgan fingerprint density at radius 1 is 1.09 bits per heavy atom. The maximum Gasteiger partial charge on any atom is 0.345 e. The second-order valence-corrected chi connectivity index (χ2v) is 7.70. The maximum absolute atomic E-state index is 12.5. The lowest BCUT2D eigenvalue weighted by molar-refractivity contribution is 0.0734.